The minimum Gasteiger partial charge on any atom is -0.349 e. The van der Waals surface area contributed by atoms with Gasteiger partial charge in [0, 0.05) is 18.5 Å². The van der Waals surface area contributed by atoms with Crippen molar-refractivity contribution in [3.05, 3.63) is 71.8 Å². The van der Waals surface area contributed by atoms with E-state index in [0.29, 0.717) is 19.4 Å². The Balaban J connectivity index is 1.66. The Morgan fingerprint density at radius 3 is 2.23 bits per heavy atom. The number of hydrogen-bond acceptors (Lipinski definition) is 2. The van der Waals surface area contributed by atoms with Crippen molar-refractivity contribution in [2.75, 3.05) is 0 Å². The summed E-state index contributed by atoms with van der Waals surface area (Å²) in [6.07, 6.45) is 1.77. The molecule has 26 heavy (non-hydrogen) atoms. The number of nitrogens with zero attached hydrogens (tertiary/aromatic N) is 1. The van der Waals surface area contributed by atoms with Crippen LogP contribution < -0.4 is 5.32 Å². The van der Waals surface area contributed by atoms with Gasteiger partial charge in [0.1, 0.15) is 6.04 Å². The maximum atomic E-state index is 12.9. The standard InChI is InChI=1S/C22H26N2O2/c1-22(2,15-17-9-5-3-6-10-17)23-21(26)19-13-14-20(25)24(19)16-18-11-7-4-8-12-18/h3-12,19H,13-16H2,1-2H3,(H,23,26). The number of nitrogens with one attached hydrogen (secondary N) is 1. The second kappa shape index (κ2) is 7.73. The molecular formula is C22H26N2O2. The Morgan fingerprint density at radius 2 is 1.62 bits per heavy atom. The summed E-state index contributed by atoms with van der Waals surface area (Å²) in [5, 5.41) is 3.15. The van der Waals surface area contributed by atoms with Crippen LogP contribution in [0.25, 0.3) is 0 Å². The van der Waals surface area contributed by atoms with Crippen LogP contribution in [0.5, 0.6) is 0 Å². The normalized spacial score (nSPS) is 17.4. The summed E-state index contributed by atoms with van der Waals surface area (Å²) in [6.45, 7) is 4.53. The molecular weight excluding hydrogens is 324 g/mol. The van der Waals surface area contributed by atoms with Crippen LogP contribution in [0.1, 0.15) is 37.8 Å². The van der Waals surface area contributed by atoms with Gasteiger partial charge in [-0.25, -0.2) is 0 Å². The zero-order valence-electron chi connectivity index (χ0n) is 15.4. The number of rotatable bonds is 6. The molecule has 1 unspecified atom stereocenters. The highest BCUT2D eigenvalue weighted by Gasteiger charge is 2.37. The summed E-state index contributed by atoms with van der Waals surface area (Å²) in [7, 11) is 0. The van der Waals surface area contributed by atoms with Gasteiger partial charge in [-0.2, -0.15) is 0 Å². The van der Waals surface area contributed by atoms with Crippen molar-refractivity contribution < 1.29 is 9.59 Å². The van der Waals surface area contributed by atoms with Gasteiger partial charge in [-0.15, -0.1) is 0 Å². The average molecular weight is 350 g/mol. The lowest BCUT2D eigenvalue weighted by Crippen LogP contribution is -2.52. The van der Waals surface area contributed by atoms with E-state index in [1.807, 2.05) is 62.4 Å². The second-order valence-electron chi connectivity index (χ2n) is 7.60. The van der Waals surface area contributed by atoms with Gasteiger partial charge < -0.3 is 10.2 Å². The van der Waals surface area contributed by atoms with Gasteiger partial charge in [0.25, 0.3) is 0 Å². The van der Waals surface area contributed by atoms with Gasteiger partial charge in [0.2, 0.25) is 11.8 Å². The van der Waals surface area contributed by atoms with Crippen LogP contribution in [0, 0.1) is 0 Å². The fraction of sp³-hybridized carbons (Fsp3) is 0.364. The summed E-state index contributed by atoms with van der Waals surface area (Å²) >= 11 is 0. The van der Waals surface area contributed by atoms with Crippen molar-refractivity contribution in [1.82, 2.24) is 10.2 Å². The summed E-state index contributed by atoms with van der Waals surface area (Å²) < 4.78 is 0. The predicted molar refractivity (Wildman–Crippen MR) is 102 cm³/mol. The van der Waals surface area contributed by atoms with E-state index in [2.05, 4.69) is 17.4 Å². The number of likely N-dealkylation sites (tertiary alicyclic amines) is 1. The minimum absolute atomic E-state index is 0.0508. The lowest BCUT2D eigenvalue weighted by atomic mass is 9.94. The van der Waals surface area contributed by atoms with Gasteiger partial charge in [0.05, 0.1) is 0 Å². The first-order valence-corrected chi connectivity index (χ1v) is 9.14. The van der Waals surface area contributed by atoms with Gasteiger partial charge in [-0.1, -0.05) is 60.7 Å². The molecule has 0 aromatic heterocycles. The highest BCUT2D eigenvalue weighted by atomic mass is 16.2. The van der Waals surface area contributed by atoms with Gasteiger partial charge in [-0.05, 0) is 37.8 Å². The maximum Gasteiger partial charge on any atom is 0.243 e. The van der Waals surface area contributed by atoms with Crippen LogP contribution in [0.2, 0.25) is 0 Å². The van der Waals surface area contributed by atoms with Gasteiger partial charge in [0.15, 0.2) is 0 Å². The lowest BCUT2D eigenvalue weighted by Gasteiger charge is -2.31. The molecule has 1 saturated heterocycles. The van der Waals surface area contributed by atoms with E-state index < -0.39 is 6.04 Å². The number of carbonyl (C=O) groups is 2. The molecule has 0 radical (unpaired) electrons. The van der Waals surface area contributed by atoms with Crippen LogP contribution in [0.3, 0.4) is 0 Å². The van der Waals surface area contributed by atoms with Crippen LogP contribution in [-0.2, 0) is 22.6 Å². The van der Waals surface area contributed by atoms with Crippen molar-refractivity contribution in [2.45, 2.75) is 51.2 Å². The quantitative estimate of drug-likeness (QED) is 0.869. The van der Waals surface area contributed by atoms with Crippen LogP contribution in [-0.4, -0.2) is 28.3 Å². The molecule has 4 heteroatoms. The first kappa shape index (κ1) is 18.2. The molecule has 0 aliphatic carbocycles. The zero-order valence-corrected chi connectivity index (χ0v) is 15.4. The number of benzene rings is 2. The molecule has 136 valence electrons. The SMILES string of the molecule is CC(C)(Cc1ccccc1)NC(=O)C1CCC(=O)N1Cc1ccccc1. The third-order valence-corrected chi connectivity index (χ3v) is 4.78. The number of amides is 2. The van der Waals surface area contributed by atoms with E-state index in [0.717, 1.165) is 12.0 Å². The smallest absolute Gasteiger partial charge is 0.243 e. The molecule has 2 amide bonds. The monoisotopic (exact) mass is 350 g/mol. The number of hydrogen-bond donors (Lipinski definition) is 1. The minimum atomic E-state index is -0.391. The Bertz CT molecular complexity index is 756. The molecule has 0 spiro atoms. The molecule has 0 saturated carbocycles. The summed E-state index contributed by atoms with van der Waals surface area (Å²) in [4.78, 5) is 26.9. The Labute approximate surface area is 155 Å². The van der Waals surface area contributed by atoms with E-state index >= 15 is 0 Å². The van der Waals surface area contributed by atoms with Crippen LogP contribution >= 0.6 is 0 Å². The highest BCUT2D eigenvalue weighted by molar-refractivity contribution is 5.91. The Kier molecular flexibility index (Phi) is 5.40. The largest absolute Gasteiger partial charge is 0.349 e. The van der Waals surface area contributed by atoms with Crippen molar-refractivity contribution in [2.24, 2.45) is 0 Å². The first-order chi connectivity index (χ1) is 12.4. The topological polar surface area (TPSA) is 49.4 Å². The highest BCUT2D eigenvalue weighted by Crippen LogP contribution is 2.23. The third-order valence-electron chi connectivity index (χ3n) is 4.78. The summed E-state index contributed by atoms with van der Waals surface area (Å²) in [5.74, 6) is -0.0115. The molecule has 1 N–H and O–H groups in total. The Morgan fingerprint density at radius 1 is 1.04 bits per heavy atom. The van der Waals surface area contributed by atoms with Crippen molar-refractivity contribution >= 4 is 11.8 Å². The molecule has 1 aliphatic heterocycles. The zero-order chi connectivity index (χ0) is 18.6. The van der Waals surface area contributed by atoms with E-state index in [-0.39, 0.29) is 17.4 Å². The molecule has 3 rings (SSSR count). The van der Waals surface area contributed by atoms with Crippen molar-refractivity contribution in [3.8, 4) is 0 Å². The summed E-state index contributed by atoms with van der Waals surface area (Å²) in [6, 6.07) is 19.6. The molecule has 1 atom stereocenters. The third kappa shape index (κ3) is 4.51. The molecule has 2 aromatic rings. The van der Waals surface area contributed by atoms with Gasteiger partial charge in [-0.3, -0.25) is 9.59 Å². The molecule has 1 heterocycles. The number of carbonyl (C=O) groups excluding carboxylic acids is 2. The average Bonchev–Trinajstić information content (AvgIpc) is 2.97. The molecule has 1 aliphatic rings. The van der Waals surface area contributed by atoms with E-state index in [9.17, 15) is 9.59 Å². The molecule has 4 nitrogen and oxygen atoms in total. The lowest BCUT2D eigenvalue weighted by molar-refractivity contribution is -0.136. The van der Waals surface area contributed by atoms with Crippen molar-refractivity contribution in [3.63, 3.8) is 0 Å². The molecule has 1 fully saturated rings. The second-order valence-corrected chi connectivity index (χ2v) is 7.60. The predicted octanol–water partition coefficient (Wildman–Crippen LogP) is 3.32. The van der Waals surface area contributed by atoms with Crippen LogP contribution in [0.4, 0.5) is 0 Å². The van der Waals surface area contributed by atoms with Gasteiger partial charge >= 0.3 is 0 Å². The fourth-order valence-corrected chi connectivity index (χ4v) is 3.55. The van der Waals surface area contributed by atoms with Crippen molar-refractivity contribution in [1.29, 1.82) is 0 Å². The van der Waals surface area contributed by atoms with E-state index in [1.54, 1.807) is 4.90 Å². The molecule has 2 aromatic carbocycles. The first-order valence-electron chi connectivity index (χ1n) is 9.14. The van der Waals surface area contributed by atoms with E-state index in [4.69, 9.17) is 0 Å². The fourth-order valence-electron chi connectivity index (χ4n) is 3.55. The Hall–Kier alpha value is -2.62. The maximum absolute atomic E-state index is 12.9. The van der Waals surface area contributed by atoms with Crippen LogP contribution in [0.15, 0.2) is 60.7 Å². The van der Waals surface area contributed by atoms with E-state index in [1.165, 1.54) is 5.56 Å². The summed E-state index contributed by atoms with van der Waals surface area (Å²) in [5.41, 5.74) is 1.85. The molecule has 0 bridgehead atoms.